The molecule has 1 rings (SSSR count). The third kappa shape index (κ3) is 1.65. The van der Waals surface area contributed by atoms with Crippen LogP contribution in [0.5, 0.6) is 5.75 Å². The quantitative estimate of drug-likeness (QED) is 0.426. The zero-order valence-electron chi connectivity index (χ0n) is 5.26. The Morgan fingerprint density at radius 1 is 1.40 bits per heavy atom. The minimum Gasteiger partial charge on any atom is -0.508 e. The van der Waals surface area contributed by atoms with Gasteiger partial charge in [0.1, 0.15) is 5.75 Å². The minimum absolute atomic E-state index is 0. The highest BCUT2D eigenvalue weighted by Crippen LogP contribution is 2.16. The maximum Gasteiger partial charge on any atom is 0.115 e. The average molecular weight is 139 g/mol. The van der Waals surface area contributed by atoms with Crippen LogP contribution in [-0.2, 0) is 0 Å². The molecule has 0 spiro atoms. The molecule has 56 valence electrons. The van der Waals surface area contributed by atoms with Crippen molar-refractivity contribution in [1.82, 2.24) is 0 Å². The summed E-state index contributed by atoms with van der Waals surface area (Å²) in [5.41, 5.74) is 7.11. The van der Waals surface area contributed by atoms with Crippen LogP contribution in [0, 0.1) is 6.92 Å². The van der Waals surface area contributed by atoms with E-state index in [0.29, 0.717) is 5.69 Å². The van der Waals surface area contributed by atoms with E-state index in [0.717, 1.165) is 5.56 Å². The van der Waals surface area contributed by atoms with E-state index in [4.69, 9.17) is 10.8 Å². The molecule has 0 aliphatic carbocycles. The number of benzene rings is 1. The van der Waals surface area contributed by atoms with Crippen LogP contribution in [0.3, 0.4) is 0 Å². The van der Waals surface area contributed by atoms with E-state index in [1.807, 2.05) is 6.92 Å². The number of aryl methyl sites for hydroxylation is 1. The van der Waals surface area contributed by atoms with E-state index in [2.05, 4.69) is 0 Å². The summed E-state index contributed by atoms with van der Waals surface area (Å²) in [6, 6.07) is 4.89. The van der Waals surface area contributed by atoms with Crippen molar-refractivity contribution in [3.8, 4) is 5.75 Å². The van der Waals surface area contributed by atoms with Gasteiger partial charge in [-0.3, -0.25) is 0 Å². The highest BCUT2D eigenvalue weighted by Gasteiger charge is 1.91. The summed E-state index contributed by atoms with van der Waals surface area (Å²) in [6.07, 6.45) is 0. The number of aromatic hydroxyl groups is 1. The number of phenols is 1. The molecular formula is C8H13NO. The van der Waals surface area contributed by atoms with Crippen molar-refractivity contribution in [2.24, 2.45) is 0 Å². The Kier molecular flexibility index (Phi) is 2.74. The molecule has 3 N–H and O–H groups in total. The lowest BCUT2D eigenvalue weighted by atomic mass is 10.2. The maximum absolute atomic E-state index is 8.88. The molecule has 0 radical (unpaired) electrons. The van der Waals surface area contributed by atoms with Gasteiger partial charge in [0.2, 0.25) is 0 Å². The van der Waals surface area contributed by atoms with Crippen molar-refractivity contribution in [3.05, 3.63) is 23.8 Å². The van der Waals surface area contributed by atoms with Crippen molar-refractivity contribution in [2.45, 2.75) is 14.4 Å². The number of phenolic OH excluding ortho intramolecular Hbond substituents is 1. The standard InChI is InChI=1S/C7H9NO.CH4/c1-5-4-6(9)2-3-7(5)8;/h2-4,9H,8H2,1H3;1H4. The SMILES string of the molecule is C.Cc1cc(O)ccc1N. The molecule has 0 fully saturated rings. The van der Waals surface area contributed by atoms with Gasteiger partial charge in [-0.2, -0.15) is 0 Å². The molecule has 0 bridgehead atoms. The lowest BCUT2D eigenvalue weighted by Gasteiger charge is -1.97. The van der Waals surface area contributed by atoms with E-state index >= 15 is 0 Å². The Labute approximate surface area is 61.3 Å². The van der Waals surface area contributed by atoms with Gasteiger partial charge < -0.3 is 10.8 Å². The summed E-state index contributed by atoms with van der Waals surface area (Å²) in [6.45, 7) is 1.86. The zero-order valence-corrected chi connectivity index (χ0v) is 5.26. The fourth-order valence-electron chi connectivity index (χ4n) is 0.660. The van der Waals surface area contributed by atoms with Crippen LogP contribution < -0.4 is 5.73 Å². The van der Waals surface area contributed by atoms with Crippen LogP contribution >= 0.6 is 0 Å². The first-order valence-corrected chi connectivity index (χ1v) is 2.75. The molecular weight excluding hydrogens is 126 g/mol. The monoisotopic (exact) mass is 139 g/mol. The van der Waals surface area contributed by atoms with Gasteiger partial charge in [0, 0.05) is 5.69 Å². The van der Waals surface area contributed by atoms with Crippen LogP contribution in [-0.4, -0.2) is 5.11 Å². The first-order chi connectivity index (χ1) is 4.20. The second kappa shape index (κ2) is 3.11. The summed E-state index contributed by atoms with van der Waals surface area (Å²) < 4.78 is 0. The van der Waals surface area contributed by atoms with E-state index in [1.54, 1.807) is 18.2 Å². The lowest BCUT2D eigenvalue weighted by molar-refractivity contribution is 0.475. The predicted molar refractivity (Wildman–Crippen MR) is 44.0 cm³/mol. The Morgan fingerprint density at radius 2 is 2.00 bits per heavy atom. The minimum atomic E-state index is 0. The predicted octanol–water partition coefficient (Wildman–Crippen LogP) is 1.92. The Morgan fingerprint density at radius 3 is 2.40 bits per heavy atom. The van der Waals surface area contributed by atoms with Crippen LogP contribution in [0.4, 0.5) is 5.69 Å². The lowest BCUT2D eigenvalue weighted by Crippen LogP contribution is -1.86. The van der Waals surface area contributed by atoms with E-state index in [-0.39, 0.29) is 13.2 Å². The normalized spacial score (nSPS) is 8.50. The van der Waals surface area contributed by atoms with Gasteiger partial charge in [-0.1, -0.05) is 7.43 Å². The first kappa shape index (κ1) is 8.82. The van der Waals surface area contributed by atoms with E-state index in [1.165, 1.54) is 0 Å². The fraction of sp³-hybridized carbons (Fsp3) is 0.250. The number of hydrogen-bond donors (Lipinski definition) is 2. The van der Waals surface area contributed by atoms with Crippen LogP contribution in [0.2, 0.25) is 0 Å². The summed E-state index contributed by atoms with van der Waals surface area (Å²) in [5, 5.41) is 8.88. The van der Waals surface area contributed by atoms with E-state index in [9.17, 15) is 0 Å². The van der Waals surface area contributed by atoms with Gasteiger partial charge in [0.15, 0.2) is 0 Å². The molecule has 0 saturated carbocycles. The summed E-state index contributed by atoms with van der Waals surface area (Å²) in [4.78, 5) is 0. The Hall–Kier alpha value is -1.18. The van der Waals surface area contributed by atoms with Gasteiger partial charge in [0.05, 0.1) is 0 Å². The number of nitrogens with two attached hydrogens (primary N) is 1. The molecule has 0 saturated heterocycles. The number of hydrogen-bond acceptors (Lipinski definition) is 2. The van der Waals surface area contributed by atoms with Crippen molar-refractivity contribution >= 4 is 5.69 Å². The third-order valence-electron chi connectivity index (χ3n) is 1.25. The van der Waals surface area contributed by atoms with Crippen molar-refractivity contribution in [2.75, 3.05) is 5.73 Å². The molecule has 2 nitrogen and oxygen atoms in total. The molecule has 2 heteroatoms. The second-order valence-electron chi connectivity index (χ2n) is 2.04. The summed E-state index contributed by atoms with van der Waals surface area (Å²) >= 11 is 0. The summed E-state index contributed by atoms with van der Waals surface area (Å²) in [7, 11) is 0. The first-order valence-electron chi connectivity index (χ1n) is 2.75. The third-order valence-corrected chi connectivity index (χ3v) is 1.25. The largest absolute Gasteiger partial charge is 0.508 e. The fourth-order valence-corrected chi connectivity index (χ4v) is 0.660. The van der Waals surface area contributed by atoms with Gasteiger partial charge in [-0.25, -0.2) is 0 Å². The van der Waals surface area contributed by atoms with Crippen LogP contribution in [0.15, 0.2) is 18.2 Å². The molecule has 0 heterocycles. The number of rotatable bonds is 0. The zero-order chi connectivity index (χ0) is 6.85. The molecule has 10 heavy (non-hydrogen) atoms. The molecule has 1 aromatic carbocycles. The number of anilines is 1. The molecule has 0 unspecified atom stereocenters. The van der Waals surface area contributed by atoms with Crippen molar-refractivity contribution in [3.63, 3.8) is 0 Å². The number of nitrogen functional groups attached to an aromatic ring is 1. The molecule has 0 atom stereocenters. The molecule has 0 aromatic heterocycles. The van der Waals surface area contributed by atoms with Crippen molar-refractivity contribution in [1.29, 1.82) is 0 Å². The van der Waals surface area contributed by atoms with Gasteiger partial charge in [-0.15, -0.1) is 0 Å². The molecule has 0 aliphatic heterocycles. The Balaban J connectivity index is 0.000000810. The highest BCUT2D eigenvalue weighted by atomic mass is 16.3. The van der Waals surface area contributed by atoms with Gasteiger partial charge in [-0.05, 0) is 30.7 Å². The van der Waals surface area contributed by atoms with Crippen LogP contribution in [0.25, 0.3) is 0 Å². The molecule has 1 aromatic rings. The van der Waals surface area contributed by atoms with Gasteiger partial charge >= 0.3 is 0 Å². The second-order valence-corrected chi connectivity index (χ2v) is 2.04. The van der Waals surface area contributed by atoms with Crippen LogP contribution in [0.1, 0.15) is 13.0 Å². The molecule has 0 amide bonds. The molecule has 0 aliphatic rings. The Bertz CT molecular complexity index is 220. The maximum atomic E-state index is 8.88. The smallest absolute Gasteiger partial charge is 0.115 e. The van der Waals surface area contributed by atoms with Crippen molar-refractivity contribution < 1.29 is 5.11 Å². The average Bonchev–Trinajstić information content (AvgIpc) is 1.80. The van der Waals surface area contributed by atoms with E-state index < -0.39 is 0 Å². The van der Waals surface area contributed by atoms with Gasteiger partial charge in [0.25, 0.3) is 0 Å². The topological polar surface area (TPSA) is 46.2 Å². The highest BCUT2D eigenvalue weighted by molar-refractivity contribution is 5.48. The summed E-state index contributed by atoms with van der Waals surface area (Å²) in [5.74, 6) is 0.265.